The average molecular weight is 488 g/mol. The minimum absolute atomic E-state index is 0.131. The van der Waals surface area contributed by atoms with E-state index in [-0.39, 0.29) is 10.6 Å². The van der Waals surface area contributed by atoms with E-state index in [0.717, 1.165) is 17.0 Å². The number of carbonyl (C=O) groups excluding carboxylic acids is 1. The summed E-state index contributed by atoms with van der Waals surface area (Å²) in [5.41, 5.74) is 0.622. The van der Waals surface area contributed by atoms with Crippen molar-refractivity contribution in [1.29, 1.82) is 0 Å². The van der Waals surface area contributed by atoms with Crippen LogP contribution in [0, 0.1) is 5.82 Å². The van der Waals surface area contributed by atoms with Gasteiger partial charge in [0.1, 0.15) is 22.5 Å². The van der Waals surface area contributed by atoms with Crippen LogP contribution in [0.25, 0.3) is 0 Å². The van der Waals surface area contributed by atoms with Crippen molar-refractivity contribution >= 4 is 33.0 Å². The van der Waals surface area contributed by atoms with Crippen molar-refractivity contribution in [3.05, 3.63) is 99.9 Å². The van der Waals surface area contributed by atoms with Gasteiger partial charge < -0.3 is 9.84 Å². The van der Waals surface area contributed by atoms with Gasteiger partial charge >= 0.3 is 0 Å². The fourth-order valence-electron chi connectivity index (χ4n) is 3.71. The lowest BCUT2D eigenvalue weighted by Gasteiger charge is -2.27. The van der Waals surface area contributed by atoms with Crippen LogP contribution in [0.4, 0.5) is 10.1 Å². The van der Waals surface area contributed by atoms with Crippen LogP contribution in [0.5, 0.6) is 5.75 Å². The summed E-state index contributed by atoms with van der Waals surface area (Å²) in [5, 5.41) is 11.1. The number of ether oxygens (including phenoxy) is 1. The monoisotopic (exact) mass is 487 g/mol. The molecule has 33 heavy (non-hydrogen) atoms. The molecule has 1 atom stereocenters. The molecule has 0 saturated heterocycles. The molecular weight excluding hydrogens is 469 g/mol. The average Bonchev–Trinajstić information content (AvgIpc) is 3.06. The predicted octanol–water partition coefficient (Wildman–Crippen LogP) is 5.21. The number of hydrogen-bond donors (Lipinski definition) is 1. The lowest BCUT2D eigenvalue weighted by atomic mass is 10.1. The standard InChI is InChI=1S/C24H19ClFNO5S/c1-2-32-19-5-3-4-15(14-19)21-23(33(30,31)20-12-6-16(25)7-13-20)22(28)24(29)27(21)18-10-8-17(26)9-11-18/h3-14,21,28H,2H2,1H3. The molecule has 1 N–H and O–H groups in total. The number of nitrogens with zero attached hydrogens (tertiary/aromatic N) is 1. The lowest BCUT2D eigenvalue weighted by Crippen LogP contribution is -2.31. The quantitative estimate of drug-likeness (QED) is 0.516. The van der Waals surface area contributed by atoms with Gasteiger partial charge in [-0.05, 0) is 73.2 Å². The predicted molar refractivity (Wildman–Crippen MR) is 123 cm³/mol. The van der Waals surface area contributed by atoms with E-state index < -0.39 is 38.3 Å². The number of halogens is 2. The van der Waals surface area contributed by atoms with Crippen molar-refractivity contribution < 1.29 is 27.4 Å². The Morgan fingerprint density at radius 1 is 1.06 bits per heavy atom. The van der Waals surface area contributed by atoms with E-state index in [0.29, 0.717) is 22.9 Å². The van der Waals surface area contributed by atoms with Gasteiger partial charge in [-0.1, -0.05) is 23.7 Å². The number of amides is 1. The molecule has 0 spiro atoms. The highest BCUT2D eigenvalue weighted by Gasteiger charge is 2.47. The number of aliphatic hydroxyl groups is 1. The van der Waals surface area contributed by atoms with Crippen molar-refractivity contribution in [2.75, 3.05) is 11.5 Å². The van der Waals surface area contributed by atoms with Crippen molar-refractivity contribution in [1.82, 2.24) is 0 Å². The fourth-order valence-corrected chi connectivity index (χ4v) is 5.46. The van der Waals surface area contributed by atoms with Crippen LogP contribution in [0.1, 0.15) is 18.5 Å². The zero-order chi connectivity index (χ0) is 23.8. The van der Waals surface area contributed by atoms with Crippen molar-refractivity contribution in [3.8, 4) is 5.75 Å². The SMILES string of the molecule is CCOc1cccc(C2C(S(=O)(=O)c3ccc(Cl)cc3)=C(O)C(=O)N2c2ccc(F)cc2)c1. The fraction of sp³-hybridized carbons (Fsp3) is 0.125. The number of hydrogen-bond acceptors (Lipinski definition) is 5. The maximum absolute atomic E-state index is 13.6. The molecule has 1 aliphatic heterocycles. The van der Waals surface area contributed by atoms with Crippen molar-refractivity contribution in [2.45, 2.75) is 17.9 Å². The Bertz CT molecular complexity index is 1340. The van der Waals surface area contributed by atoms with Gasteiger partial charge in [0.05, 0.1) is 11.5 Å². The second-order valence-electron chi connectivity index (χ2n) is 7.23. The molecule has 1 amide bonds. The summed E-state index contributed by atoms with van der Waals surface area (Å²) in [4.78, 5) is 13.7. The lowest BCUT2D eigenvalue weighted by molar-refractivity contribution is -0.117. The highest BCUT2D eigenvalue weighted by atomic mass is 35.5. The Morgan fingerprint density at radius 3 is 2.36 bits per heavy atom. The Kier molecular flexibility index (Phi) is 6.14. The first-order valence-electron chi connectivity index (χ1n) is 9.99. The number of anilines is 1. The molecule has 1 unspecified atom stereocenters. The molecule has 0 fully saturated rings. The molecule has 170 valence electrons. The summed E-state index contributed by atoms with van der Waals surface area (Å²) in [7, 11) is -4.32. The third-order valence-corrected chi connectivity index (χ3v) is 7.30. The first kappa shape index (κ1) is 22.8. The van der Waals surface area contributed by atoms with Crippen LogP contribution in [0.15, 0.2) is 88.4 Å². The molecule has 0 saturated carbocycles. The van der Waals surface area contributed by atoms with Gasteiger partial charge in [0.15, 0.2) is 5.76 Å². The second-order valence-corrected chi connectivity index (χ2v) is 9.58. The number of aliphatic hydroxyl groups excluding tert-OH is 1. The second kappa shape index (κ2) is 8.88. The smallest absolute Gasteiger partial charge is 0.295 e. The van der Waals surface area contributed by atoms with Crippen LogP contribution in [-0.4, -0.2) is 26.0 Å². The molecule has 4 rings (SSSR count). The Balaban J connectivity index is 1.93. The molecule has 3 aromatic rings. The molecule has 9 heteroatoms. The molecule has 0 aliphatic carbocycles. The third kappa shape index (κ3) is 4.19. The number of sulfone groups is 1. The van der Waals surface area contributed by atoms with Crippen LogP contribution < -0.4 is 9.64 Å². The van der Waals surface area contributed by atoms with Gasteiger partial charge in [-0.2, -0.15) is 0 Å². The van der Waals surface area contributed by atoms with E-state index in [1.54, 1.807) is 31.2 Å². The zero-order valence-corrected chi connectivity index (χ0v) is 19.0. The minimum Gasteiger partial charge on any atom is -0.502 e. The number of benzene rings is 3. The van der Waals surface area contributed by atoms with Gasteiger partial charge in [-0.25, -0.2) is 12.8 Å². The van der Waals surface area contributed by atoms with E-state index in [1.165, 1.54) is 36.4 Å². The summed E-state index contributed by atoms with van der Waals surface area (Å²) < 4.78 is 46.3. The maximum atomic E-state index is 13.6. The summed E-state index contributed by atoms with van der Waals surface area (Å²) in [6.45, 7) is 2.19. The van der Waals surface area contributed by atoms with E-state index in [9.17, 15) is 22.7 Å². The van der Waals surface area contributed by atoms with Crippen LogP contribution in [0.2, 0.25) is 5.02 Å². The third-order valence-electron chi connectivity index (χ3n) is 5.16. The van der Waals surface area contributed by atoms with Gasteiger partial charge in [0.2, 0.25) is 9.84 Å². The van der Waals surface area contributed by atoms with E-state index in [4.69, 9.17) is 16.3 Å². The largest absolute Gasteiger partial charge is 0.502 e. The first-order chi connectivity index (χ1) is 15.7. The highest BCUT2D eigenvalue weighted by molar-refractivity contribution is 7.95. The molecular formula is C24H19ClFNO5S. The van der Waals surface area contributed by atoms with Gasteiger partial charge in [0.25, 0.3) is 5.91 Å². The van der Waals surface area contributed by atoms with Gasteiger partial charge in [0, 0.05) is 10.7 Å². The molecule has 3 aromatic carbocycles. The van der Waals surface area contributed by atoms with Gasteiger partial charge in [-0.3, -0.25) is 9.69 Å². The van der Waals surface area contributed by atoms with Crippen LogP contribution >= 0.6 is 11.6 Å². The summed E-state index contributed by atoms with van der Waals surface area (Å²) in [6.07, 6.45) is 0. The zero-order valence-electron chi connectivity index (χ0n) is 17.4. The summed E-state index contributed by atoms with van der Waals surface area (Å²) in [6, 6.07) is 15.8. The minimum atomic E-state index is -4.32. The van der Waals surface area contributed by atoms with Crippen LogP contribution in [0.3, 0.4) is 0 Å². The Labute approximate surface area is 195 Å². The molecule has 1 heterocycles. The normalized spacial score (nSPS) is 16.4. The summed E-state index contributed by atoms with van der Waals surface area (Å²) >= 11 is 5.90. The number of rotatable bonds is 6. The van der Waals surface area contributed by atoms with Crippen molar-refractivity contribution in [3.63, 3.8) is 0 Å². The first-order valence-corrected chi connectivity index (χ1v) is 11.9. The maximum Gasteiger partial charge on any atom is 0.295 e. The van der Waals surface area contributed by atoms with E-state index in [2.05, 4.69) is 0 Å². The topological polar surface area (TPSA) is 83.9 Å². The van der Waals surface area contributed by atoms with Gasteiger partial charge in [-0.15, -0.1) is 0 Å². The van der Waals surface area contributed by atoms with Crippen molar-refractivity contribution in [2.24, 2.45) is 0 Å². The molecule has 0 radical (unpaired) electrons. The van der Waals surface area contributed by atoms with E-state index >= 15 is 0 Å². The summed E-state index contributed by atoms with van der Waals surface area (Å²) in [5.74, 6) is -1.87. The Hall–Kier alpha value is -3.36. The van der Waals surface area contributed by atoms with Crippen LogP contribution in [-0.2, 0) is 14.6 Å². The highest BCUT2D eigenvalue weighted by Crippen LogP contribution is 2.45. The Morgan fingerprint density at radius 2 is 1.73 bits per heavy atom. The molecule has 1 aliphatic rings. The number of carbonyl (C=O) groups is 1. The van der Waals surface area contributed by atoms with E-state index in [1.807, 2.05) is 0 Å². The molecule has 0 aromatic heterocycles. The molecule has 6 nitrogen and oxygen atoms in total. The molecule has 0 bridgehead atoms.